The lowest BCUT2D eigenvalue weighted by molar-refractivity contribution is -0.0546. The standard InChI is InChI=1S/C13H18F4N2O2/c1-19(2)6-5-18-8-9-3-4-10(20-12(14)15)7-11(9)21-13(16)17/h3-4,7,12-13,18H,5-6,8H2,1-2H3. The average molecular weight is 310 g/mol. The maximum atomic E-state index is 12.4. The Kier molecular flexibility index (Phi) is 7.24. The number of rotatable bonds is 9. The summed E-state index contributed by atoms with van der Waals surface area (Å²) in [4.78, 5) is 1.96. The predicted molar refractivity (Wildman–Crippen MR) is 70.0 cm³/mol. The molecule has 4 nitrogen and oxygen atoms in total. The third kappa shape index (κ3) is 7.14. The number of benzene rings is 1. The van der Waals surface area contributed by atoms with E-state index in [1.54, 1.807) is 0 Å². The highest BCUT2D eigenvalue weighted by molar-refractivity contribution is 5.40. The summed E-state index contributed by atoms with van der Waals surface area (Å²) in [5, 5.41) is 3.05. The molecule has 0 unspecified atom stereocenters. The van der Waals surface area contributed by atoms with Gasteiger partial charge < -0.3 is 19.7 Å². The third-order valence-corrected chi connectivity index (χ3v) is 2.53. The molecule has 0 aromatic heterocycles. The summed E-state index contributed by atoms with van der Waals surface area (Å²) >= 11 is 0. The van der Waals surface area contributed by atoms with Gasteiger partial charge in [-0.05, 0) is 20.2 Å². The minimum absolute atomic E-state index is 0.180. The molecule has 1 aromatic rings. The van der Waals surface area contributed by atoms with Crippen LogP contribution in [-0.4, -0.2) is 45.3 Å². The van der Waals surface area contributed by atoms with Gasteiger partial charge in [-0.15, -0.1) is 0 Å². The zero-order valence-electron chi connectivity index (χ0n) is 11.8. The summed E-state index contributed by atoms with van der Waals surface area (Å²) in [6.07, 6.45) is 0. The molecule has 0 fully saturated rings. The van der Waals surface area contributed by atoms with Crippen LogP contribution in [0.2, 0.25) is 0 Å². The molecule has 0 amide bonds. The lowest BCUT2D eigenvalue weighted by atomic mass is 10.2. The van der Waals surface area contributed by atoms with Crippen molar-refractivity contribution < 1.29 is 27.0 Å². The maximum absolute atomic E-state index is 12.4. The molecule has 0 heterocycles. The summed E-state index contributed by atoms with van der Waals surface area (Å²) in [6.45, 7) is -4.35. The van der Waals surface area contributed by atoms with Crippen molar-refractivity contribution >= 4 is 0 Å². The molecule has 0 aliphatic heterocycles. The number of hydrogen-bond donors (Lipinski definition) is 1. The van der Waals surface area contributed by atoms with Gasteiger partial charge in [-0.3, -0.25) is 0 Å². The molecule has 0 spiro atoms. The zero-order chi connectivity index (χ0) is 15.8. The first-order valence-corrected chi connectivity index (χ1v) is 6.26. The van der Waals surface area contributed by atoms with Crippen LogP contribution in [0.1, 0.15) is 5.56 Å². The lowest BCUT2D eigenvalue weighted by Gasteiger charge is -2.14. The second-order valence-electron chi connectivity index (χ2n) is 4.51. The van der Waals surface area contributed by atoms with Crippen molar-refractivity contribution in [3.63, 3.8) is 0 Å². The van der Waals surface area contributed by atoms with Crippen molar-refractivity contribution in [3.8, 4) is 11.5 Å². The van der Waals surface area contributed by atoms with E-state index in [0.717, 1.165) is 12.6 Å². The van der Waals surface area contributed by atoms with E-state index >= 15 is 0 Å². The lowest BCUT2D eigenvalue weighted by Crippen LogP contribution is -2.26. The van der Waals surface area contributed by atoms with Gasteiger partial charge in [0.05, 0.1) is 0 Å². The van der Waals surface area contributed by atoms with Crippen molar-refractivity contribution in [2.75, 3.05) is 27.2 Å². The first-order chi connectivity index (χ1) is 9.88. The molecule has 1 rings (SSSR count). The Morgan fingerprint density at radius 3 is 2.33 bits per heavy atom. The number of halogens is 4. The van der Waals surface area contributed by atoms with Crippen molar-refractivity contribution in [2.24, 2.45) is 0 Å². The molecule has 0 atom stereocenters. The van der Waals surface area contributed by atoms with Gasteiger partial charge in [-0.25, -0.2) is 0 Å². The quantitative estimate of drug-likeness (QED) is 0.561. The van der Waals surface area contributed by atoms with Crippen LogP contribution >= 0.6 is 0 Å². The van der Waals surface area contributed by atoms with Crippen LogP contribution in [0.4, 0.5) is 17.6 Å². The summed E-state index contributed by atoms with van der Waals surface area (Å²) < 4.78 is 57.4. The van der Waals surface area contributed by atoms with Gasteiger partial charge in [0.1, 0.15) is 11.5 Å². The zero-order valence-corrected chi connectivity index (χ0v) is 11.8. The fourth-order valence-corrected chi connectivity index (χ4v) is 1.59. The number of hydrogen-bond acceptors (Lipinski definition) is 4. The van der Waals surface area contributed by atoms with Crippen LogP contribution in [0.15, 0.2) is 18.2 Å². The number of likely N-dealkylation sites (N-methyl/N-ethyl adjacent to an activating group) is 1. The van der Waals surface area contributed by atoms with E-state index in [4.69, 9.17) is 0 Å². The van der Waals surface area contributed by atoms with E-state index in [9.17, 15) is 17.6 Å². The molecule has 1 aromatic carbocycles. The second-order valence-corrected chi connectivity index (χ2v) is 4.51. The number of alkyl halides is 4. The van der Waals surface area contributed by atoms with Crippen molar-refractivity contribution in [3.05, 3.63) is 23.8 Å². The molecule has 0 aliphatic rings. The highest BCUT2D eigenvalue weighted by Gasteiger charge is 2.13. The summed E-state index contributed by atoms with van der Waals surface area (Å²) in [7, 11) is 3.81. The van der Waals surface area contributed by atoms with Crippen LogP contribution < -0.4 is 14.8 Å². The molecule has 0 radical (unpaired) electrons. The van der Waals surface area contributed by atoms with Crippen molar-refractivity contribution in [1.82, 2.24) is 10.2 Å². The molecule has 1 N–H and O–H groups in total. The molecule has 0 aliphatic carbocycles. The highest BCUT2D eigenvalue weighted by atomic mass is 19.3. The summed E-state index contributed by atoms with van der Waals surface area (Å²) in [5.41, 5.74) is 0.440. The molecule has 0 saturated carbocycles. The van der Waals surface area contributed by atoms with E-state index < -0.39 is 13.2 Å². The number of ether oxygens (including phenoxy) is 2. The van der Waals surface area contributed by atoms with Crippen LogP contribution in [0.5, 0.6) is 11.5 Å². The van der Waals surface area contributed by atoms with Gasteiger partial charge in [-0.2, -0.15) is 17.6 Å². The SMILES string of the molecule is CN(C)CCNCc1ccc(OC(F)F)cc1OC(F)F. The Labute approximate surface area is 120 Å². The van der Waals surface area contributed by atoms with Crippen LogP contribution in [0, 0.1) is 0 Å². The first-order valence-electron chi connectivity index (χ1n) is 6.26. The Bertz CT molecular complexity index is 431. The molecule has 0 bridgehead atoms. The van der Waals surface area contributed by atoms with Gasteiger partial charge in [0.15, 0.2) is 0 Å². The largest absolute Gasteiger partial charge is 0.435 e. The smallest absolute Gasteiger partial charge is 0.387 e. The maximum Gasteiger partial charge on any atom is 0.387 e. The van der Waals surface area contributed by atoms with Gasteiger partial charge >= 0.3 is 13.2 Å². The molecule has 8 heteroatoms. The van der Waals surface area contributed by atoms with Crippen LogP contribution in [-0.2, 0) is 6.54 Å². The average Bonchev–Trinajstić information content (AvgIpc) is 2.35. The van der Waals surface area contributed by atoms with E-state index in [-0.39, 0.29) is 18.0 Å². The van der Waals surface area contributed by atoms with Gasteiger partial charge in [0.25, 0.3) is 0 Å². The van der Waals surface area contributed by atoms with Gasteiger partial charge in [0.2, 0.25) is 0 Å². The number of nitrogens with one attached hydrogen (secondary N) is 1. The van der Waals surface area contributed by atoms with E-state index in [0.29, 0.717) is 12.1 Å². The molecular weight excluding hydrogens is 292 g/mol. The second kappa shape index (κ2) is 8.68. The minimum atomic E-state index is -3.03. The molecular formula is C13H18F4N2O2. The Balaban J connectivity index is 2.71. The van der Waals surface area contributed by atoms with Gasteiger partial charge in [0, 0.05) is 31.3 Å². The fraction of sp³-hybridized carbons (Fsp3) is 0.538. The first kappa shape index (κ1) is 17.5. The summed E-state index contributed by atoms with van der Waals surface area (Å²) in [5.74, 6) is -0.404. The van der Waals surface area contributed by atoms with E-state index in [1.807, 2.05) is 19.0 Å². The normalized spacial score (nSPS) is 11.5. The monoisotopic (exact) mass is 310 g/mol. The number of nitrogens with zero attached hydrogens (tertiary/aromatic N) is 1. The minimum Gasteiger partial charge on any atom is -0.435 e. The summed E-state index contributed by atoms with van der Waals surface area (Å²) in [6, 6.07) is 3.73. The topological polar surface area (TPSA) is 33.7 Å². The third-order valence-electron chi connectivity index (χ3n) is 2.53. The predicted octanol–water partition coefficient (Wildman–Crippen LogP) is 2.54. The molecule has 21 heavy (non-hydrogen) atoms. The Morgan fingerprint density at radius 2 is 1.76 bits per heavy atom. The Hall–Kier alpha value is -1.54. The molecule has 120 valence electrons. The van der Waals surface area contributed by atoms with E-state index in [2.05, 4.69) is 14.8 Å². The van der Waals surface area contributed by atoms with E-state index in [1.165, 1.54) is 12.1 Å². The highest BCUT2D eigenvalue weighted by Crippen LogP contribution is 2.27. The molecule has 0 saturated heterocycles. The van der Waals surface area contributed by atoms with Crippen LogP contribution in [0.25, 0.3) is 0 Å². The fourth-order valence-electron chi connectivity index (χ4n) is 1.59. The van der Waals surface area contributed by atoms with Crippen molar-refractivity contribution in [1.29, 1.82) is 0 Å². The van der Waals surface area contributed by atoms with Gasteiger partial charge in [-0.1, -0.05) is 6.07 Å². The van der Waals surface area contributed by atoms with Crippen LogP contribution in [0.3, 0.4) is 0 Å². The van der Waals surface area contributed by atoms with Crippen molar-refractivity contribution in [2.45, 2.75) is 19.8 Å². The Morgan fingerprint density at radius 1 is 1.10 bits per heavy atom.